The van der Waals surface area contributed by atoms with Crippen LogP contribution >= 0.6 is 0 Å². The van der Waals surface area contributed by atoms with E-state index in [4.69, 9.17) is 10.7 Å². The fourth-order valence-electron chi connectivity index (χ4n) is 2.96. The van der Waals surface area contributed by atoms with Crippen LogP contribution in [0.3, 0.4) is 0 Å². The van der Waals surface area contributed by atoms with Gasteiger partial charge in [0.25, 0.3) is 0 Å². The van der Waals surface area contributed by atoms with E-state index in [1.807, 2.05) is 24.3 Å². The summed E-state index contributed by atoms with van der Waals surface area (Å²) < 4.78 is 0. The maximum Gasteiger partial charge on any atom is 0.131 e. The number of hydrogen-bond acceptors (Lipinski definition) is 4. The number of aliphatic hydroxyl groups is 1. The van der Waals surface area contributed by atoms with Gasteiger partial charge in [0, 0.05) is 23.7 Å². The summed E-state index contributed by atoms with van der Waals surface area (Å²) in [5.41, 5.74) is 8.94. The van der Waals surface area contributed by atoms with Crippen molar-refractivity contribution in [3.63, 3.8) is 0 Å². The zero-order valence-electron chi connectivity index (χ0n) is 12.7. The number of benzene rings is 1. The Bertz CT molecular complexity index is 607. The molecule has 0 saturated heterocycles. The highest BCUT2D eigenvalue weighted by Crippen LogP contribution is 2.25. The molecule has 0 atom stereocenters. The number of hydrogen-bond donors (Lipinski definition) is 3. The molecule has 1 fully saturated rings. The van der Waals surface area contributed by atoms with E-state index in [0.717, 1.165) is 48.3 Å². The third kappa shape index (κ3) is 3.46. The summed E-state index contributed by atoms with van der Waals surface area (Å²) in [6, 6.07) is 14.6. The first-order chi connectivity index (χ1) is 10.8. The van der Waals surface area contributed by atoms with Crippen LogP contribution in [0.25, 0.3) is 11.3 Å². The van der Waals surface area contributed by atoms with E-state index in [9.17, 15) is 5.11 Å². The van der Waals surface area contributed by atoms with Gasteiger partial charge in [0.15, 0.2) is 0 Å². The second-order valence-corrected chi connectivity index (χ2v) is 5.92. The Balaban J connectivity index is 1.82. The van der Waals surface area contributed by atoms with Crippen LogP contribution in [0.2, 0.25) is 0 Å². The minimum atomic E-state index is -0.143. The van der Waals surface area contributed by atoms with E-state index in [-0.39, 0.29) is 6.10 Å². The van der Waals surface area contributed by atoms with Crippen molar-refractivity contribution in [3.05, 3.63) is 48.0 Å². The molecule has 22 heavy (non-hydrogen) atoms. The van der Waals surface area contributed by atoms with Crippen LogP contribution < -0.4 is 11.1 Å². The quantitative estimate of drug-likeness (QED) is 0.811. The third-order valence-electron chi connectivity index (χ3n) is 4.31. The molecule has 0 aliphatic heterocycles. The Kier molecular flexibility index (Phi) is 4.71. The number of nitrogens with zero attached hydrogens (tertiary/aromatic N) is 1. The first-order valence-corrected chi connectivity index (χ1v) is 7.96. The van der Waals surface area contributed by atoms with Crippen molar-refractivity contribution in [2.45, 2.75) is 44.4 Å². The molecule has 1 heterocycles. The molecule has 116 valence electrons. The van der Waals surface area contributed by atoms with E-state index >= 15 is 0 Å². The van der Waals surface area contributed by atoms with Gasteiger partial charge in [-0.25, -0.2) is 4.98 Å². The second-order valence-electron chi connectivity index (χ2n) is 5.92. The molecule has 0 radical (unpaired) electrons. The fourth-order valence-corrected chi connectivity index (χ4v) is 2.96. The molecule has 1 saturated carbocycles. The number of aliphatic hydroxyl groups excluding tert-OH is 1. The van der Waals surface area contributed by atoms with Gasteiger partial charge in [0.05, 0.1) is 11.8 Å². The average Bonchev–Trinajstić information content (AvgIpc) is 2.58. The molecule has 1 aliphatic carbocycles. The van der Waals surface area contributed by atoms with Crippen molar-refractivity contribution < 1.29 is 5.11 Å². The van der Waals surface area contributed by atoms with Gasteiger partial charge in [-0.05, 0) is 31.7 Å². The number of aromatic nitrogens is 1. The molecule has 0 unspecified atom stereocenters. The average molecular weight is 297 g/mol. The molecule has 4 nitrogen and oxygen atoms in total. The predicted octanol–water partition coefficient (Wildman–Crippen LogP) is 2.92. The molecule has 0 bridgehead atoms. The van der Waals surface area contributed by atoms with Crippen molar-refractivity contribution in [2.75, 3.05) is 5.32 Å². The van der Waals surface area contributed by atoms with E-state index in [1.165, 1.54) is 0 Å². The summed E-state index contributed by atoms with van der Waals surface area (Å²) in [4.78, 5) is 4.77. The third-order valence-corrected chi connectivity index (χ3v) is 4.31. The van der Waals surface area contributed by atoms with Gasteiger partial charge in [-0.3, -0.25) is 0 Å². The van der Waals surface area contributed by atoms with Crippen molar-refractivity contribution in [1.29, 1.82) is 0 Å². The van der Waals surface area contributed by atoms with Gasteiger partial charge in [-0.2, -0.15) is 0 Å². The zero-order chi connectivity index (χ0) is 15.4. The SMILES string of the molecule is NCc1ccc(-c2ccccc2)nc1NC1CCC(O)CC1. The van der Waals surface area contributed by atoms with Crippen LogP contribution in [-0.4, -0.2) is 22.2 Å². The number of pyridine rings is 1. The van der Waals surface area contributed by atoms with Crippen molar-refractivity contribution in [3.8, 4) is 11.3 Å². The molecule has 0 amide bonds. The Morgan fingerprint density at radius 3 is 2.45 bits per heavy atom. The van der Waals surface area contributed by atoms with Crippen LogP contribution in [0.5, 0.6) is 0 Å². The van der Waals surface area contributed by atoms with Crippen LogP contribution in [0.4, 0.5) is 5.82 Å². The number of anilines is 1. The Hall–Kier alpha value is -1.91. The smallest absolute Gasteiger partial charge is 0.131 e. The Labute approximate surface area is 131 Å². The van der Waals surface area contributed by atoms with Crippen LogP contribution in [0.1, 0.15) is 31.2 Å². The molecular formula is C18H23N3O. The van der Waals surface area contributed by atoms with Crippen LogP contribution in [0, 0.1) is 0 Å². The highest BCUT2D eigenvalue weighted by Gasteiger charge is 2.20. The van der Waals surface area contributed by atoms with E-state index in [0.29, 0.717) is 12.6 Å². The number of rotatable bonds is 4. The maximum atomic E-state index is 9.62. The molecule has 3 rings (SSSR count). The Morgan fingerprint density at radius 1 is 1.05 bits per heavy atom. The molecule has 0 spiro atoms. The summed E-state index contributed by atoms with van der Waals surface area (Å²) in [5.74, 6) is 0.880. The largest absolute Gasteiger partial charge is 0.393 e. The zero-order valence-corrected chi connectivity index (χ0v) is 12.7. The van der Waals surface area contributed by atoms with Gasteiger partial charge in [0.2, 0.25) is 0 Å². The van der Waals surface area contributed by atoms with Gasteiger partial charge in [-0.1, -0.05) is 36.4 Å². The summed E-state index contributed by atoms with van der Waals surface area (Å²) in [6.07, 6.45) is 3.52. The normalized spacial score (nSPS) is 21.5. The van der Waals surface area contributed by atoms with Gasteiger partial charge in [-0.15, -0.1) is 0 Å². The molecule has 1 aromatic heterocycles. The molecule has 4 heteroatoms. The lowest BCUT2D eigenvalue weighted by molar-refractivity contribution is 0.126. The minimum absolute atomic E-state index is 0.143. The highest BCUT2D eigenvalue weighted by atomic mass is 16.3. The monoisotopic (exact) mass is 297 g/mol. The van der Waals surface area contributed by atoms with Crippen LogP contribution in [-0.2, 0) is 6.54 Å². The fraction of sp³-hybridized carbons (Fsp3) is 0.389. The lowest BCUT2D eigenvalue weighted by atomic mass is 9.93. The van der Waals surface area contributed by atoms with Gasteiger partial charge < -0.3 is 16.2 Å². The lowest BCUT2D eigenvalue weighted by Gasteiger charge is -2.27. The van der Waals surface area contributed by atoms with Crippen molar-refractivity contribution in [1.82, 2.24) is 4.98 Å². The minimum Gasteiger partial charge on any atom is -0.393 e. The van der Waals surface area contributed by atoms with E-state index < -0.39 is 0 Å². The maximum absolute atomic E-state index is 9.62. The number of nitrogens with one attached hydrogen (secondary N) is 1. The molecule has 1 aliphatic rings. The predicted molar refractivity (Wildman–Crippen MR) is 89.4 cm³/mol. The highest BCUT2D eigenvalue weighted by molar-refractivity contribution is 5.62. The standard InChI is InChI=1S/C18H23N3O/c19-12-14-6-11-17(13-4-2-1-3-5-13)21-18(14)20-15-7-9-16(22)10-8-15/h1-6,11,15-16,22H,7-10,12,19H2,(H,20,21). The van der Waals surface area contributed by atoms with Gasteiger partial charge in [0.1, 0.15) is 5.82 Å². The number of nitrogens with two attached hydrogens (primary N) is 1. The summed E-state index contributed by atoms with van der Waals surface area (Å²) in [6.45, 7) is 0.472. The summed E-state index contributed by atoms with van der Waals surface area (Å²) in [7, 11) is 0. The molecule has 1 aromatic carbocycles. The topological polar surface area (TPSA) is 71.2 Å². The first-order valence-electron chi connectivity index (χ1n) is 7.96. The van der Waals surface area contributed by atoms with E-state index in [1.54, 1.807) is 0 Å². The lowest BCUT2D eigenvalue weighted by Crippen LogP contribution is -2.29. The van der Waals surface area contributed by atoms with Crippen molar-refractivity contribution >= 4 is 5.82 Å². The summed E-state index contributed by atoms with van der Waals surface area (Å²) >= 11 is 0. The molecule has 2 aromatic rings. The van der Waals surface area contributed by atoms with E-state index in [2.05, 4.69) is 23.5 Å². The first kappa shape index (κ1) is 15.0. The summed E-state index contributed by atoms with van der Waals surface area (Å²) in [5, 5.41) is 13.2. The van der Waals surface area contributed by atoms with Gasteiger partial charge >= 0.3 is 0 Å². The Morgan fingerprint density at radius 2 is 1.77 bits per heavy atom. The van der Waals surface area contributed by atoms with Crippen molar-refractivity contribution in [2.24, 2.45) is 5.73 Å². The molecule has 4 N–H and O–H groups in total. The van der Waals surface area contributed by atoms with Crippen LogP contribution in [0.15, 0.2) is 42.5 Å². The molecular weight excluding hydrogens is 274 g/mol. The second kappa shape index (κ2) is 6.90.